The molecule has 1 aliphatic heterocycles. The predicted octanol–water partition coefficient (Wildman–Crippen LogP) is 1.83. The van der Waals surface area contributed by atoms with Gasteiger partial charge in [0.15, 0.2) is 0 Å². The molecule has 6 nitrogen and oxygen atoms in total. The van der Waals surface area contributed by atoms with Crippen LogP contribution in [0.4, 0.5) is 0 Å². The highest BCUT2D eigenvalue weighted by molar-refractivity contribution is 5.86. The number of carbonyl (C=O) groups is 1. The van der Waals surface area contributed by atoms with E-state index in [1.165, 1.54) is 0 Å². The molecular weight excluding hydrogens is 351 g/mol. The molecule has 24 heavy (non-hydrogen) atoms. The number of methoxy groups -OCH3 is 1. The van der Waals surface area contributed by atoms with Gasteiger partial charge in [-0.3, -0.25) is 4.79 Å². The minimum absolute atomic E-state index is 0. The molecule has 1 aromatic carbocycles. The van der Waals surface area contributed by atoms with Gasteiger partial charge in [-0.2, -0.15) is 0 Å². The average Bonchev–Trinajstić information content (AvgIpc) is 2.98. The molecule has 0 unspecified atom stereocenters. The van der Waals surface area contributed by atoms with E-state index in [-0.39, 0.29) is 30.7 Å². The van der Waals surface area contributed by atoms with Crippen molar-refractivity contribution in [2.45, 2.75) is 24.9 Å². The summed E-state index contributed by atoms with van der Waals surface area (Å²) in [5.74, 6) is 0.867. The van der Waals surface area contributed by atoms with Crippen LogP contribution >= 0.6 is 24.8 Å². The first kappa shape index (κ1) is 20.7. The lowest BCUT2D eigenvalue weighted by molar-refractivity contribution is -0.146. The Morgan fingerprint density at radius 3 is 2.67 bits per heavy atom. The summed E-state index contributed by atoms with van der Waals surface area (Å²) < 4.78 is 5.52. The Morgan fingerprint density at radius 2 is 2.00 bits per heavy atom. The van der Waals surface area contributed by atoms with E-state index >= 15 is 0 Å². The van der Waals surface area contributed by atoms with Crippen LogP contribution in [0.1, 0.15) is 18.7 Å². The van der Waals surface area contributed by atoms with Gasteiger partial charge in [0.05, 0.1) is 11.0 Å². The third kappa shape index (κ3) is 4.39. The van der Waals surface area contributed by atoms with Crippen molar-refractivity contribution in [3.05, 3.63) is 30.1 Å². The van der Waals surface area contributed by atoms with Gasteiger partial charge in [-0.05, 0) is 38.1 Å². The zero-order valence-corrected chi connectivity index (χ0v) is 15.3. The summed E-state index contributed by atoms with van der Waals surface area (Å²) in [6, 6.07) is 7.92. The Hall–Kier alpha value is -1.34. The van der Waals surface area contributed by atoms with Gasteiger partial charge < -0.3 is 20.4 Å². The van der Waals surface area contributed by atoms with Gasteiger partial charge in [0.25, 0.3) is 5.91 Å². The molecule has 1 aliphatic rings. The molecule has 1 amide bonds. The molecule has 0 bridgehead atoms. The number of halogens is 2. The second-order valence-corrected chi connectivity index (χ2v) is 5.65. The summed E-state index contributed by atoms with van der Waals surface area (Å²) in [6.45, 7) is 2.17. The highest BCUT2D eigenvalue weighted by Crippen LogP contribution is 2.22. The molecule has 134 valence electrons. The van der Waals surface area contributed by atoms with Gasteiger partial charge in [0.1, 0.15) is 11.4 Å². The number of aromatic nitrogens is 2. The molecule has 1 fully saturated rings. The summed E-state index contributed by atoms with van der Waals surface area (Å²) in [5.41, 5.74) is 1.30. The summed E-state index contributed by atoms with van der Waals surface area (Å²) in [7, 11) is 1.62. The number of hydrogen-bond donors (Lipinski definition) is 3. The molecule has 0 radical (unpaired) electrons. The van der Waals surface area contributed by atoms with Crippen molar-refractivity contribution >= 4 is 41.8 Å². The summed E-state index contributed by atoms with van der Waals surface area (Å²) in [5, 5.41) is 6.24. The van der Waals surface area contributed by atoms with E-state index in [1.54, 1.807) is 7.11 Å². The van der Waals surface area contributed by atoms with E-state index in [4.69, 9.17) is 4.74 Å². The van der Waals surface area contributed by atoms with Gasteiger partial charge in [0, 0.05) is 20.1 Å². The fourth-order valence-electron chi connectivity index (χ4n) is 2.93. The largest absolute Gasteiger partial charge is 0.368 e. The highest BCUT2D eigenvalue weighted by atomic mass is 35.5. The maximum atomic E-state index is 12.4. The molecule has 2 aromatic rings. The minimum atomic E-state index is -0.681. The number of imidazole rings is 1. The van der Waals surface area contributed by atoms with Crippen LogP contribution < -0.4 is 10.6 Å². The Morgan fingerprint density at radius 1 is 1.29 bits per heavy atom. The number of nitrogens with zero attached hydrogens (tertiary/aromatic N) is 1. The fraction of sp³-hybridized carbons (Fsp3) is 0.500. The molecule has 0 spiro atoms. The molecular formula is C16H24Cl2N4O2. The van der Waals surface area contributed by atoms with Crippen LogP contribution in [0.2, 0.25) is 0 Å². The fourth-order valence-corrected chi connectivity index (χ4v) is 2.93. The van der Waals surface area contributed by atoms with Crippen LogP contribution in [0, 0.1) is 0 Å². The normalized spacial score (nSPS) is 16.0. The number of aromatic amines is 1. The van der Waals surface area contributed by atoms with Crippen LogP contribution in [-0.4, -0.2) is 48.2 Å². The average molecular weight is 375 g/mol. The maximum absolute atomic E-state index is 12.4. The number of para-hydroxylation sites is 2. The summed E-state index contributed by atoms with van der Waals surface area (Å²) in [6.07, 6.45) is 2.10. The number of carbonyl (C=O) groups excluding carboxylic acids is 1. The molecule has 8 heteroatoms. The Kier molecular flexibility index (Phi) is 7.96. The third-order valence-corrected chi connectivity index (χ3v) is 4.30. The first-order valence-electron chi connectivity index (χ1n) is 7.71. The summed E-state index contributed by atoms with van der Waals surface area (Å²) >= 11 is 0. The van der Waals surface area contributed by atoms with Crippen molar-refractivity contribution in [1.29, 1.82) is 0 Å². The van der Waals surface area contributed by atoms with E-state index < -0.39 is 5.60 Å². The van der Waals surface area contributed by atoms with Crippen molar-refractivity contribution in [1.82, 2.24) is 20.6 Å². The quantitative estimate of drug-likeness (QED) is 0.745. The van der Waals surface area contributed by atoms with Crippen LogP contribution in [-0.2, 0) is 16.0 Å². The van der Waals surface area contributed by atoms with Gasteiger partial charge in [-0.25, -0.2) is 4.98 Å². The van der Waals surface area contributed by atoms with Gasteiger partial charge in [0.2, 0.25) is 0 Å². The Labute approximate surface area is 154 Å². The molecule has 1 aromatic heterocycles. The SMILES string of the molecule is COC1(C(=O)NCCc2nc3ccccc3[nH]2)CCNCC1.Cl.Cl. The van der Waals surface area contributed by atoms with E-state index in [1.807, 2.05) is 24.3 Å². The zero-order chi connectivity index (χ0) is 15.4. The van der Waals surface area contributed by atoms with Crippen LogP contribution in [0.3, 0.4) is 0 Å². The van der Waals surface area contributed by atoms with E-state index in [0.29, 0.717) is 25.8 Å². The topological polar surface area (TPSA) is 79.0 Å². The number of rotatable bonds is 5. The second-order valence-electron chi connectivity index (χ2n) is 5.65. The number of benzene rings is 1. The zero-order valence-electron chi connectivity index (χ0n) is 13.6. The van der Waals surface area contributed by atoms with Crippen LogP contribution in [0.25, 0.3) is 11.0 Å². The number of ether oxygens (including phenoxy) is 1. The summed E-state index contributed by atoms with van der Waals surface area (Å²) in [4.78, 5) is 20.2. The lowest BCUT2D eigenvalue weighted by Gasteiger charge is -2.34. The standard InChI is InChI=1S/C16H22N4O2.2ClH/c1-22-16(7-10-17-11-8-16)15(21)18-9-6-14-19-12-4-2-3-5-13(12)20-14;;/h2-5,17H,6-11H2,1H3,(H,18,21)(H,19,20);2*1H. The number of piperidine rings is 1. The van der Waals surface area contributed by atoms with Gasteiger partial charge in [-0.1, -0.05) is 12.1 Å². The molecule has 2 heterocycles. The number of H-pyrrole nitrogens is 1. The lowest BCUT2D eigenvalue weighted by atomic mass is 9.91. The molecule has 3 N–H and O–H groups in total. The van der Waals surface area contributed by atoms with Gasteiger partial charge in [-0.15, -0.1) is 24.8 Å². The minimum Gasteiger partial charge on any atom is -0.368 e. The molecule has 3 rings (SSSR count). The van der Waals surface area contributed by atoms with Crippen molar-refractivity contribution in [3.8, 4) is 0 Å². The Bertz CT molecular complexity index is 623. The molecule has 0 saturated carbocycles. The van der Waals surface area contributed by atoms with Gasteiger partial charge >= 0.3 is 0 Å². The number of amides is 1. The first-order valence-corrected chi connectivity index (χ1v) is 7.71. The highest BCUT2D eigenvalue weighted by Gasteiger charge is 2.39. The smallest absolute Gasteiger partial charge is 0.252 e. The number of nitrogens with one attached hydrogen (secondary N) is 3. The van der Waals surface area contributed by atoms with Crippen molar-refractivity contribution in [2.24, 2.45) is 0 Å². The van der Waals surface area contributed by atoms with Crippen LogP contribution in [0.5, 0.6) is 0 Å². The third-order valence-electron chi connectivity index (χ3n) is 4.30. The van der Waals surface area contributed by atoms with Crippen molar-refractivity contribution in [2.75, 3.05) is 26.7 Å². The molecule has 0 aliphatic carbocycles. The van der Waals surface area contributed by atoms with E-state index in [0.717, 1.165) is 29.9 Å². The lowest BCUT2D eigenvalue weighted by Crippen LogP contribution is -2.54. The predicted molar refractivity (Wildman–Crippen MR) is 99.1 cm³/mol. The molecule has 1 saturated heterocycles. The second kappa shape index (κ2) is 9.22. The van der Waals surface area contributed by atoms with Crippen molar-refractivity contribution in [3.63, 3.8) is 0 Å². The van der Waals surface area contributed by atoms with Crippen molar-refractivity contribution < 1.29 is 9.53 Å². The Balaban J connectivity index is 0.00000144. The number of fused-ring (bicyclic) bond motifs is 1. The van der Waals surface area contributed by atoms with Crippen LogP contribution in [0.15, 0.2) is 24.3 Å². The molecule has 0 atom stereocenters. The maximum Gasteiger partial charge on any atom is 0.252 e. The number of hydrogen-bond acceptors (Lipinski definition) is 4. The van der Waals surface area contributed by atoms with E-state index in [9.17, 15) is 4.79 Å². The first-order chi connectivity index (χ1) is 10.7. The van der Waals surface area contributed by atoms with E-state index in [2.05, 4.69) is 20.6 Å². The monoisotopic (exact) mass is 374 g/mol.